The zero-order chi connectivity index (χ0) is 13.8. The summed E-state index contributed by atoms with van der Waals surface area (Å²) in [7, 11) is 0. The third kappa shape index (κ3) is 3.25. The monoisotopic (exact) mass is 266 g/mol. The lowest BCUT2D eigenvalue weighted by Crippen LogP contribution is -2.40. The summed E-state index contributed by atoms with van der Waals surface area (Å²) < 4.78 is 19.7. The first-order valence-corrected chi connectivity index (χ1v) is 7.04. The third-order valence-corrected chi connectivity index (χ3v) is 3.61. The predicted octanol–water partition coefficient (Wildman–Crippen LogP) is 2.85. The van der Waals surface area contributed by atoms with Gasteiger partial charge in [-0.25, -0.2) is 4.39 Å². The molecule has 0 spiro atoms. The topological polar surface area (TPSA) is 38.5 Å². The fraction of sp³-hybridized carbons (Fsp3) is 0.600. The van der Waals surface area contributed by atoms with Crippen LogP contribution in [0.2, 0.25) is 0 Å². The van der Waals surface area contributed by atoms with E-state index in [1.807, 2.05) is 19.9 Å². The minimum Gasteiger partial charge on any atom is -0.377 e. The van der Waals surface area contributed by atoms with Crippen molar-refractivity contribution in [3.8, 4) is 0 Å². The molecule has 0 bridgehead atoms. The number of nitrogens with two attached hydrogens (primary N) is 1. The van der Waals surface area contributed by atoms with Gasteiger partial charge in [0.25, 0.3) is 0 Å². The smallest absolute Gasteiger partial charge is 0.130 e. The van der Waals surface area contributed by atoms with E-state index in [1.54, 1.807) is 6.07 Å². The lowest BCUT2D eigenvalue weighted by Gasteiger charge is -2.35. The maximum Gasteiger partial charge on any atom is 0.130 e. The van der Waals surface area contributed by atoms with Gasteiger partial charge in [0.1, 0.15) is 5.82 Å². The van der Waals surface area contributed by atoms with Gasteiger partial charge in [-0.15, -0.1) is 0 Å². The number of ether oxygens (including phenoxy) is 1. The Morgan fingerprint density at radius 1 is 1.53 bits per heavy atom. The molecular formula is C15H23FN2O. The highest BCUT2D eigenvalue weighted by atomic mass is 19.1. The molecule has 1 heterocycles. The second-order valence-electron chi connectivity index (χ2n) is 5.13. The molecule has 1 unspecified atom stereocenters. The summed E-state index contributed by atoms with van der Waals surface area (Å²) >= 11 is 0. The summed E-state index contributed by atoms with van der Waals surface area (Å²) in [6, 6.07) is 4.88. The molecule has 0 amide bonds. The Morgan fingerprint density at radius 2 is 2.32 bits per heavy atom. The van der Waals surface area contributed by atoms with E-state index < -0.39 is 0 Å². The van der Waals surface area contributed by atoms with Crippen LogP contribution in [-0.2, 0) is 4.74 Å². The van der Waals surface area contributed by atoms with Crippen molar-refractivity contribution < 1.29 is 9.13 Å². The minimum atomic E-state index is -0.302. The van der Waals surface area contributed by atoms with Crippen LogP contribution < -0.4 is 10.6 Å². The van der Waals surface area contributed by atoms with Crippen LogP contribution in [0.25, 0.3) is 0 Å². The summed E-state index contributed by atoms with van der Waals surface area (Å²) in [4.78, 5) is 2.20. The van der Waals surface area contributed by atoms with E-state index in [-0.39, 0.29) is 18.0 Å². The summed E-state index contributed by atoms with van der Waals surface area (Å²) in [6.07, 6.45) is 2.38. The molecule has 4 heteroatoms. The van der Waals surface area contributed by atoms with Gasteiger partial charge in [-0.1, -0.05) is 6.07 Å². The number of rotatable bonds is 4. The summed E-state index contributed by atoms with van der Waals surface area (Å²) in [6.45, 7) is 6.31. The molecule has 2 rings (SSSR count). The van der Waals surface area contributed by atoms with Crippen molar-refractivity contribution in [3.63, 3.8) is 0 Å². The van der Waals surface area contributed by atoms with Gasteiger partial charge < -0.3 is 15.4 Å². The summed E-state index contributed by atoms with van der Waals surface area (Å²) in [5.41, 5.74) is 7.44. The Balaban J connectivity index is 2.23. The highest BCUT2D eigenvalue weighted by Gasteiger charge is 2.24. The molecule has 1 aliphatic heterocycles. The molecule has 0 aliphatic carbocycles. The van der Waals surface area contributed by atoms with Crippen LogP contribution in [0.4, 0.5) is 10.1 Å². The van der Waals surface area contributed by atoms with Crippen molar-refractivity contribution in [2.24, 2.45) is 5.73 Å². The molecule has 2 atom stereocenters. The number of halogens is 1. The Hall–Kier alpha value is -1.13. The fourth-order valence-electron chi connectivity index (χ4n) is 2.78. The average molecular weight is 266 g/mol. The first kappa shape index (κ1) is 14.3. The Kier molecular flexibility index (Phi) is 4.77. The molecule has 1 aliphatic rings. The maximum atomic E-state index is 14.0. The molecule has 2 N–H and O–H groups in total. The van der Waals surface area contributed by atoms with E-state index in [1.165, 1.54) is 6.07 Å². The van der Waals surface area contributed by atoms with Crippen molar-refractivity contribution >= 4 is 5.69 Å². The van der Waals surface area contributed by atoms with E-state index in [2.05, 4.69) is 4.90 Å². The van der Waals surface area contributed by atoms with Crippen molar-refractivity contribution in [3.05, 3.63) is 29.6 Å². The Morgan fingerprint density at radius 3 is 3.00 bits per heavy atom. The molecule has 1 aromatic rings. The van der Waals surface area contributed by atoms with Crippen molar-refractivity contribution in [2.75, 3.05) is 24.6 Å². The van der Waals surface area contributed by atoms with Gasteiger partial charge in [0.05, 0.1) is 6.10 Å². The van der Waals surface area contributed by atoms with Gasteiger partial charge in [0.15, 0.2) is 0 Å². The van der Waals surface area contributed by atoms with Gasteiger partial charge in [-0.05, 0) is 38.8 Å². The van der Waals surface area contributed by atoms with Gasteiger partial charge in [0.2, 0.25) is 0 Å². The molecule has 1 aromatic carbocycles. The maximum absolute atomic E-state index is 14.0. The van der Waals surface area contributed by atoms with Crippen LogP contribution in [0.1, 0.15) is 38.3 Å². The first-order valence-electron chi connectivity index (χ1n) is 7.04. The fourth-order valence-corrected chi connectivity index (χ4v) is 2.78. The summed E-state index contributed by atoms with van der Waals surface area (Å²) in [5, 5.41) is 0. The van der Waals surface area contributed by atoms with Crippen LogP contribution in [0, 0.1) is 5.82 Å². The van der Waals surface area contributed by atoms with Crippen LogP contribution >= 0.6 is 0 Å². The molecule has 0 aromatic heterocycles. The lowest BCUT2D eigenvalue weighted by molar-refractivity contribution is 0.0526. The van der Waals surface area contributed by atoms with E-state index in [0.29, 0.717) is 5.56 Å². The molecule has 1 fully saturated rings. The van der Waals surface area contributed by atoms with E-state index in [0.717, 1.165) is 38.2 Å². The van der Waals surface area contributed by atoms with Crippen molar-refractivity contribution in [1.82, 2.24) is 0 Å². The SMILES string of the molecule is CCOC1CCCN(c2cccc(F)c2[C@@H](C)N)C1. The first-order chi connectivity index (χ1) is 9.13. The van der Waals surface area contributed by atoms with Crippen LogP contribution in [0.15, 0.2) is 18.2 Å². The van der Waals surface area contributed by atoms with E-state index in [9.17, 15) is 4.39 Å². The largest absolute Gasteiger partial charge is 0.377 e. The number of piperidine rings is 1. The highest BCUT2D eigenvalue weighted by Crippen LogP contribution is 2.30. The molecule has 0 radical (unpaired) electrons. The van der Waals surface area contributed by atoms with E-state index >= 15 is 0 Å². The number of hydrogen-bond acceptors (Lipinski definition) is 3. The zero-order valence-electron chi connectivity index (χ0n) is 11.7. The number of benzene rings is 1. The third-order valence-electron chi connectivity index (χ3n) is 3.61. The van der Waals surface area contributed by atoms with E-state index in [4.69, 9.17) is 10.5 Å². The van der Waals surface area contributed by atoms with Crippen molar-refractivity contribution in [2.45, 2.75) is 38.8 Å². The molecule has 1 saturated heterocycles. The zero-order valence-corrected chi connectivity index (χ0v) is 11.7. The standard InChI is InChI=1S/C15H23FN2O/c1-3-19-12-6-5-9-18(10-12)14-8-4-7-13(16)15(14)11(2)17/h4,7-8,11-12H,3,5-6,9-10,17H2,1-2H3/t11-,12?/m1/s1. The van der Waals surface area contributed by atoms with Gasteiger partial charge in [-0.2, -0.15) is 0 Å². The summed E-state index contributed by atoms with van der Waals surface area (Å²) in [5.74, 6) is -0.217. The average Bonchev–Trinajstić information content (AvgIpc) is 2.38. The quantitative estimate of drug-likeness (QED) is 0.910. The Labute approximate surface area is 114 Å². The molecule has 3 nitrogen and oxygen atoms in total. The van der Waals surface area contributed by atoms with Crippen LogP contribution in [0.3, 0.4) is 0 Å². The highest BCUT2D eigenvalue weighted by molar-refractivity contribution is 5.56. The number of anilines is 1. The minimum absolute atomic E-state index is 0.217. The predicted molar refractivity (Wildman–Crippen MR) is 75.9 cm³/mol. The van der Waals surface area contributed by atoms with Gasteiger partial charge >= 0.3 is 0 Å². The van der Waals surface area contributed by atoms with Crippen LogP contribution in [-0.4, -0.2) is 25.8 Å². The molecule has 106 valence electrons. The lowest BCUT2D eigenvalue weighted by atomic mass is 10.0. The second-order valence-corrected chi connectivity index (χ2v) is 5.13. The molecular weight excluding hydrogens is 243 g/mol. The van der Waals surface area contributed by atoms with Gasteiger partial charge in [0, 0.05) is 37.0 Å². The second kappa shape index (κ2) is 6.35. The normalized spacial score (nSPS) is 21.5. The number of hydrogen-bond donors (Lipinski definition) is 1. The molecule has 19 heavy (non-hydrogen) atoms. The Bertz CT molecular complexity index is 421. The van der Waals surface area contributed by atoms with Gasteiger partial charge in [-0.3, -0.25) is 0 Å². The van der Waals surface area contributed by atoms with Crippen molar-refractivity contribution in [1.29, 1.82) is 0 Å². The molecule has 0 saturated carbocycles. The number of nitrogens with zero attached hydrogens (tertiary/aromatic N) is 1. The van der Waals surface area contributed by atoms with Crippen LogP contribution in [0.5, 0.6) is 0 Å².